The van der Waals surface area contributed by atoms with Crippen molar-refractivity contribution in [2.24, 2.45) is 11.8 Å². The molecule has 2 aromatic heterocycles. The maximum Gasteiger partial charge on any atom is 0.0351 e. The number of hydrogen-bond donors (Lipinski definition) is 1. The fourth-order valence-electron chi connectivity index (χ4n) is 3.25. The van der Waals surface area contributed by atoms with Gasteiger partial charge in [-0.1, -0.05) is 19.9 Å². The summed E-state index contributed by atoms with van der Waals surface area (Å²) >= 11 is 3.70. The van der Waals surface area contributed by atoms with E-state index in [1.54, 1.807) is 0 Å². The van der Waals surface area contributed by atoms with E-state index in [0.717, 1.165) is 18.4 Å². The molecule has 20 heavy (non-hydrogen) atoms. The Labute approximate surface area is 130 Å². The van der Waals surface area contributed by atoms with Gasteiger partial charge in [0, 0.05) is 27.9 Å². The van der Waals surface area contributed by atoms with Crippen molar-refractivity contribution in [3.63, 3.8) is 0 Å². The van der Waals surface area contributed by atoms with Crippen LogP contribution in [-0.2, 0) is 6.54 Å². The molecule has 3 atom stereocenters. The second-order valence-corrected chi connectivity index (χ2v) is 8.11. The molecule has 2 heterocycles. The summed E-state index contributed by atoms with van der Waals surface area (Å²) in [7, 11) is 0. The molecular weight excluding hydrogens is 282 g/mol. The van der Waals surface area contributed by atoms with Crippen LogP contribution in [0.3, 0.4) is 0 Å². The Kier molecular flexibility index (Phi) is 4.59. The van der Waals surface area contributed by atoms with E-state index in [4.69, 9.17) is 0 Å². The van der Waals surface area contributed by atoms with Crippen LogP contribution in [0.2, 0.25) is 0 Å². The third kappa shape index (κ3) is 3.33. The van der Waals surface area contributed by atoms with Gasteiger partial charge in [0.1, 0.15) is 0 Å². The molecule has 0 aromatic carbocycles. The molecule has 3 heteroatoms. The van der Waals surface area contributed by atoms with Gasteiger partial charge < -0.3 is 5.32 Å². The number of rotatable bonds is 4. The van der Waals surface area contributed by atoms with Crippen molar-refractivity contribution in [1.29, 1.82) is 0 Å². The third-order valence-electron chi connectivity index (χ3n) is 4.43. The van der Waals surface area contributed by atoms with Gasteiger partial charge >= 0.3 is 0 Å². The summed E-state index contributed by atoms with van der Waals surface area (Å²) in [4.78, 5) is 2.84. The lowest BCUT2D eigenvalue weighted by Gasteiger charge is -2.33. The summed E-state index contributed by atoms with van der Waals surface area (Å²) in [6.07, 6.45) is 4.10. The molecule has 3 unspecified atom stereocenters. The first-order valence-electron chi connectivity index (χ1n) is 7.57. The largest absolute Gasteiger partial charge is 0.309 e. The summed E-state index contributed by atoms with van der Waals surface area (Å²) in [5.41, 5.74) is 1.38. The first-order chi connectivity index (χ1) is 9.72. The predicted molar refractivity (Wildman–Crippen MR) is 90.4 cm³/mol. The Balaban J connectivity index is 1.56. The average Bonchev–Trinajstić information content (AvgIpc) is 3.08. The van der Waals surface area contributed by atoms with Gasteiger partial charge in [-0.3, -0.25) is 0 Å². The smallest absolute Gasteiger partial charge is 0.0351 e. The molecule has 1 aliphatic carbocycles. The second kappa shape index (κ2) is 6.42. The van der Waals surface area contributed by atoms with Crippen LogP contribution in [-0.4, -0.2) is 6.04 Å². The van der Waals surface area contributed by atoms with E-state index in [2.05, 4.69) is 48.1 Å². The number of nitrogens with one attached hydrogen (secondary N) is 1. The highest BCUT2D eigenvalue weighted by Gasteiger charge is 2.24. The Hall–Kier alpha value is -0.640. The minimum atomic E-state index is 0.707. The first-order valence-corrected chi connectivity index (χ1v) is 9.33. The van der Waals surface area contributed by atoms with Crippen molar-refractivity contribution in [3.8, 4) is 10.4 Å². The van der Waals surface area contributed by atoms with E-state index in [-0.39, 0.29) is 0 Å². The van der Waals surface area contributed by atoms with Crippen molar-refractivity contribution in [1.82, 2.24) is 5.32 Å². The lowest BCUT2D eigenvalue weighted by atomic mass is 9.80. The van der Waals surface area contributed by atoms with Crippen LogP contribution < -0.4 is 5.32 Å². The van der Waals surface area contributed by atoms with Crippen molar-refractivity contribution in [2.45, 2.75) is 45.7 Å². The molecular formula is C17H23NS2. The highest BCUT2D eigenvalue weighted by atomic mass is 32.1. The van der Waals surface area contributed by atoms with Gasteiger partial charge in [0.25, 0.3) is 0 Å². The van der Waals surface area contributed by atoms with Gasteiger partial charge in [-0.25, -0.2) is 0 Å². The quantitative estimate of drug-likeness (QED) is 0.798. The first kappa shape index (κ1) is 14.3. The van der Waals surface area contributed by atoms with Gasteiger partial charge in [0.05, 0.1) is 0 Å². The number of thiophene rings is 2. The van der Waals surface area contributed by atoms with E-state index in [9.17, 15) is 0 Å². The predicted octanol–water partition coefficient (Wildman–Crippen LogP) is 5.39. The molecule has 1 saturated carbocycles. The third-order valence-corrected chi connectivity index (χ3v) is 6.29. The topological polar surface area (TPSA) is 12.0 Å². The molecule has 108 valence electrons. The standard InChI is InChI=1S/C17H23NS2/c1-12-5-6-16(13(2)8-12)18-10-15-9-14(11-20-15)17-4-3-7-19-17/h3-4,7,9,11-13,16,18H,5-6,8,10H2,1-2H3. The van der Waals surface area contributed by atoms with E-state index < -0.39 is 0 Å². The minimum absolute atomic E-state index is 0.707. The van der Waals surface area contributed by atoms with Crippen molar-refractivity contribution in [2.75, 3.05) is 0 Å². The normalized spacial score (nSPS) is 26.8. The monoisotopic (exact) mass is 305 g/mol. The van der Waals surface area contributed by atoms with Crippen LogP contribution in [0.5, 0.6) is 0 Å². The average molecular weight is 306 g/mol. The van der Waals surface area contributed by atoms with Crippen LogP contribution in [0, 0.1) is 11.8 Å². The lowest BCUT2D eigenvalue weighted by Crippen LogP contribution is -2.38. The zero-order valence-corrected chi connectivity index (χ0v) is 13.9. The maximum atomic E-state index is 3.78. The SMILES string of the molecule is CC1CCC(NCc2cc(-c3cccs3)cs2)C(C)C1. The molecule has 0 amide bonds. The van der Waals surface area contributed by atoms with Gasteiger partial charge in [-0.2, -0.15) is 0 Å². The van der Waals surface area contributed by atoms with Gasteiger partial charge in [-0.15, -0.1) is 22.7 Å². The number of hydrogen-bond acceptors (Lipinski definition) is 3. The lowest BCUT2D eigenvalue weighted by molar-refractivity contribution is 0.227. The molecule has 0 radical (unpaired) electrons. The highest BCUT2D eigenvalue weighted by Crippen LogP contribution is 2.31. The van der Waals surface area contributed by atoms with Crippen LogP contribution in [0.4, 0.5) is 0 Å². The van der Waals surface area contributed by atoms with Crippen LogP contribution >= 0.6 is 22.7 Å². The Bertz CT molecular complexity index is 529. The van der Waals surface area contributed by atoms with Crippen molar-refractivity contribution < 1.29 is 0 Å². The fraction of sp³-hybridized carbons (Fsp3) is 0.529. The molecule has 3 rings (SSSR count). The molecule has 1 N–H and O–H groups in total. The summed E-state index contributed by atoms with van der Waals surface area (Å²) in [5.74, 6) is 1.73. The summed E-state index contributed by atoms with van der Waals surface area (Å²) in [6.45, 7) is 5.82. The van der Waals surface area contributed by atoms with E-state index in [0.29, 0.717) is 6.04 Å². The minimum Gasteiger partial charge on any atom is -0.309 e. The van der Waals surface area contributed by atoms with E-state index >= 15 is 0 Å². The molecule has 1 aliphatic rings. The highest BCUT2D eigenvalue weighted by molar-refractivity contribution is 7.14. The molecule has 1 nitrogen and oxygen atoms in total. The van der Waals surface area contributed by atoms with Gasteiger partial charge in [0.15, 0.2) is 0 Å². The molecule has 0 aliphatic heterocycles. The Morgan fingerprint density at radius 1 is 1.25 bits per heavy atom. The molecule has 0 bridgehead atoms. The van der Waals surface area contributed by atoms with Crippen LogP contribution in [0.25, 0.3) is 10.4 Å². The van der Waals surface area contributed by atoms with Gasteiger partial charge in [-0.05, 0) is 54.0 Å². The molecule has 0 saturated heterocycles. The van der Waals surface area contributed by atoms with Crippen LogP contribution in [0.1, 0.15) is 38.0 Å². The zero-order valence-electron chi connectivity index (χ0n) is 12.3. The fourth-order valence-corrected chi connectivity index (χ4v) is 4.87. The van der Waals surface area contributed by atoms with Crippen molar-refractivity contribution >= 4 is 22.7 Å². The van der Waals surface area contributed by atoms with E-state index in [1.165, 1.54) is 34.6 Å². The summed E-state index contributed by atoms with van der Waals surface area (Å²) in [6, 6.07) is 7.38. The van der Waals surface area contributed by atoms with Crippen molar-refractivity contribution in [3.05, 3.63) is 33.8 Å². The van der Waals surface area contributed by atoms with Gasteiger partial charge in [0.2, 0.25) is 0 Å². The Morgan fingerprint density at radius 3 is 2.90 bits per heavy atom. The maximum absolute atomic E-state index is 3.78. The van der Waals surface area contributed by atoms with Crippen LogP contribution in [0.15, 0.2) is 29.0 Å². The molecule has 1 fully saturated rings. The Morgan fingerprint density at radius 2 is 2.15 bits per heavy atom. The van der Waals surface area contributed by atoms with E-state index in [1.807, 2.05) is 22.7 Å². The second-order valence-electron chi connectivity index (χ2n) is 6.16. The molecule has 0 spiro atoms. The molecule has 2 aromatic rings. The summed E-state index contributed by atoms with van der Waals surface area (Å²) in [5, 5.41) is 8.22. The zero-order chi connectivity index (χ0) is 13.9. The summed E-state index contributed by atoms with van der Waals surface area (Å²) < 4.78 is 0.